The van der Waals surface area contributed by atoms with Gasteiger partial charge in [-0.15, -0.1) is 0 Å². The van der Waals surface area contributed by atoms with Crippen molar-refractivity contribution in [1.29, 1.82) is 0 Å². The maximum Gasteiger partial charge on any atom is 0.266 e. The summed E-state index contributed by atoms with van der Waals surface area (Å²) in [4.78, 5) is 12.2. The summed E-state index contributed by atoms with van der Waals surface area (Å²) in [6, 6.07) is 14.1. The van der Waals surface area contributed by atoms with Gasteiger partial charge >= 0.3 is 0 Å². The van der Waals surface area contributed by atoms with Crippen molar-refractivity contribution in [2.45, 2.75) is 13.0 Å². The van der Waals surface area contributed by atoms with Crippen LogP contribution in [0.3, 0.4) is 0 Å². The van der Waals surface area contributed by atoms with Gasteiger partial charge in [0.15, 0.2) is 16.3 Å². The van der Waals surface area contributed by atoms with Crippen molar-refractivity contribution >= 4 is 69.5 Å². The zero-order valence-corrected chi connectivity index (χ0v) is 17.2. The van der Waals surface area contributed by atoms with Gasteiger partial charge in [0.2, 0.25) is 0 Å². The van der Waals surface area contributed by atoms with E-state index in [1.165, 1.54) is 6.07 Å². The number of thiocarbonyl (C=S) groups is 2. The number of carbonyl (C=O) groups is 1. The summed E-state index contributed by atoms with van der Waals surface area (Å²) < 4.78 is 5.52. The van der Waals surface area contributed by atoms with Gasteiger partial charge in [-0.1, -0.05) is 41.4 Å². The summed E-state index contributed by atoms with van der Waals surface area (Å²) in [5, 5.41) is 6.54. The third-order valence-corrected chi connectivity index (χ3v) is 4.06. The van der Waals surface area contributed by atoms with E-state index >= 15 is 0 Å². The van der Waals surface area contributed by atoms with E-state index in [9.17, 15) is 4.79 Å². The molecule has 0 fully saturated rings. The second-order valence-electron chi connectivity index (χ2n) is 5.22. The molecular formula is C17H16Cl2N4O2S2. The topological polar surface area (TPSA) is 74.4 Å². The number of hydrazine groups is 1. The molecule has 0 radical (unpaired) electrons. The van der Waals surface area contributed by atoms with Crippen LogP contribution < -0.4 is 26.2 Å². The van der Waals surface area contributed by atoms with Crippen LogP contribution in [0, 0.1) is 0 Å². The van der Waals surface area contributed by atoms with Crippen LogP contribution in [0.1, 0.15) is 6.92 Å². The number of benzene rings is 2. The first-order valence-corrected chi connectivity index (χ1v) is 9.27. The average molecular weight is 443 g/mol. The Morgan fingerprint density at radius 3 is 2.37 bits per heavy atom. The molecule has 1 atom stereocenters. The highest BCUT2D eigenvalue weighted by Gasteiger charge is 2.17. The predicted molar refractivity (Wildman–Crippen MR) is 116 cm³/mol. The van der Waals surface area contributed by atoms with Gasteiger partial charge in [-0.2, -0.15) is 0 Å². The predicted octanol–water partition coefficient (Wildman–Crippen LogP) is 3.65. The molecule has 4 N–H and O–H groups in total. The van der Waals surface area contributed by atoms with Gasteiger partial charge in [0, 0.05) is 10.7 Å². The van der Waals surface area contributed by atoms with Crippen molar-refractivity contribution < 1.29 is 9.53 Å². The van der Waals surface area contributed by atoms with Gasteiger partial charge in [-0.05, 0) is 61.7 Å². The second kappa shape index (κ2) is 10.3. The lowest BCUT2D eigenvalue weighted by atomic mass is 10.3. The molecule has 0 saturated heterocycles. The SMILES string of the molecule is CC(Oc1ccc(Cl)cc1Cl)C(=O)NC(=S)NNC(=S)Nc1ccccc1. The quantitative estimate of drug-likeness (QED) is 0.425. The van der Waals surface area contributed by atoms with Gasteiger partial charge in [-0.3, -0.25) is 21.0 Å². The molecule has 1 amide bonds. The number of anilines is 1. The minimum Gasteiger partial charge on any atom is -0.479 e. The lowest BCUT2D eigenvalue weighted by molar-refractivity contribution is -0.125. The highest BCUT2D eigenvalue weighted by Crippen LogP contribution is 2.28. The minimum absolute atomic E-state index is 0.0369. The Morgan fingerprint density at radius 1 is 1.04 bits per heavy atom. The molecule has 6 nitrogen and oxygen atoms in total. The van der Waals surface area contributed by atoms with Crippen molar-refractivity contribution in [3.05, 3.63) is 58.6 Å². The smallest absolute Gasteiger partial charge is 0.266 e. The molecule has 2 aromatic rings. The normalized spacial score (nSPS) is 11.1. The molecule has 0 aromatic heterocycles. The largest absolute Gasteiger partial charge is 0.479 e. The molecule has 142 valence electrons. The molecule has 2 rings (SSSR count). The van der Waals surface area contributed by atoms with E-state index in [0.717, 1.165) is 5.69 Å². The molecular weight excluding hydrogens is 427 g/mol. The molecule has 27 heavy (non-hydrogen) atoms. The third-order valence-electron chi connectivity index (χ3n) is 3.12. The van der Waals surface area contributed by atoms with Crippen LogP contribution >= 0.6 is 47.6 Å². The van der Waals surface area contributed by atoms with Crippen molar-refractivity contribution in [3.8, 4) is 5.75 Å². The van der Waals surface area contributed by atoms with E-state index in [0.29, 0.717) is 15.8 Å². The molecule has 0 saturated carbocycles. The Hall–Kier alpha value is -2.13. The Bertz CT molecular complexity index is 837. The number of ether oxygens (including phenoxy) is 1. The summed E-state index contributed by atoms with van der Waals surface area (Å²) in [6.45, 7) is 1.57. The van der Waals surface area contributed by atoms with Gasteiger partial charge in [0.25, 0.3) is 5.91 Å². The Balaban J connectivity index is 1.77. The first-order valence-electron chi connectivity index (χ1n) is 7.69. The summed E-state index contributed by atoms with van der Waals surface area (Å²) in [7, 11) is 0. The van der Waals surface area contributed by atoms with E-state index in [1.807, 2.05) is 30.3 Å². The molecule has 0 spiro atoms. The second-order valence-corrected chi connectivity index (χ2v) is 6.88. The van der Waals surface area contributed by atoms with Crippen molar-refractivity contribution in [3.63, 3.8) is 0 Å². The van der Waals surface area contributed by atoms with Crippen LogP contribution in [-0.4, -0.2) is 22.2 Å². The van der Waals surface area contributed by atoms with Crippen LogP contribution in [0.25, 0.3) is 0 Å². The molecule has 0 heterocycles. The molecule has 0 aliphatic carbocycles. The van der Waals surface area contributed by atoms with E-state index in [-0.39, 0.29) is 10.2 Å². The standard InChI is InChI=1S/C17H16Cl2N4O2S2/c1-10(25-14-8-7-11(18)9-13(14)19)15(24)21-17(27)23-22-16(26)20-12-5-3-2-4-6-12/h2-10H,1H3,(H2,20,22,26)(H2,21,23,24,27). The van der Waals surface area contributed by atoms with E-state index in [4.69, 9.17) is 52.4 Å². The Morgan fingerprint density at radius 2 is 1.70 bits per heavy atom. The third kappa shape index (κ3) is 7.18. The molecule has 10 heteroatoms. The van der Waals surface area contributed by atoms with E-state index in [1.54, 1.807) is 19.1 Å². The first kappa shape index (κ1) is 21.2. The van der Waals surface area contributed by atoms with Crippen LogP contribution in [0.15, 0.2) is 48.5 Å². The molecule has 2 aromatic carbocycles. The lowest BCUT2D eigenvalue weighted by Crippen LogP contribution is -2.51. The zero-order valence-electron chi connectivity index (χ0n) is 14.1. The Labute approximate surface area is 177 Å². The fraction of sp³-hybridized carbons (Fsp3) is 0.118. The lowest BCUT2D eigenvalue weighted by Gasteiger charge is -2.17. The zero-order chi connectivity index (χ0) is 19.8. The highest BCUT2D eigenvalue weighted by molar-refractivity contribution is 7.80. The van der Waals surface area contributed by atoms with Crippen molar-refractivity contribution in [2.24, 2.45) is 0 Å². The maximum atomic E-state index is 12.2. The molecule has 0 aliphatic rings. The summed E-state index contributed by atoms with van der Waals surface area (Å²) >= 11 is 22.0. The average Bonchev–Trinajstić information content (AvgIpc) is 2.63. The highest BCUT2D eigenvalue weighted by atomic mass is 35.5. The number of rotatable bonds is 4. The molecule has 0 aliphatic heterocycles. The molecule has 1 unspecified atom stereocenters. The van der Waals surface area contributed by atoms with Gasteiger partial charge in [0.1, 0.15) is 5.75 Å². The summed E-state index contributed by atoms with van der Waals surface area (Å²) in [5.74, 6) is -0.115. The number of nitrogens with one attached hydrogen (secondary N) is 4. The van der Waals surface area contributed by atoms with Crippen molar-refractivity contribution in [1.82, 2.24) is 16.2 Å². The number of carbonyl (C=O) groups excluding carboxylic acids is 1. The van der Waals surface area contributed by atoms with E-state index in [2.05, 4.69) is 21.5 Å². The number of para-hydroxylation sites is 1. The number of hydrogen-bond acceptors (Lipinski definition) is 4. The Kier molecular flexibility index (Phi) is 8.05. The molecule has 0 bridgehead atoms. The van der Waals surface area contributed by atoms with Gasteiger partial charge < -0.3 is 10.1 Å². The number of halogens is 2. The van der Waals surface area contributed by atoms with E-state index < -0.39 is 12.0 Å². The fourth-order valence-electron chi connectivity index (χ4n) is 1.86. The summed E-state index contributed by atoms with van der Waals surface area (Å²) in [6.07, 6.45) is -0.835. The maximum absolute atomic E-state index is 12.2. The monoisotopic (exact) mass is 442 g/mol. The first-order chi connectivity index (χ1) is 12.8. The number of hydrogen-bond donors (Lipinski definition) is 4. The minimum atomic E-state index is -0.835. The summed E-state index contributed by atoms with van der Waals surface area (Å²) in [5.41, 5.74) is 6.11. The van der Waals surface area contributed by atoms with Gasteiger partial charge in [0.05, 0.1) is 5.02 Å². The van der Waals surface area contributed by atoms with Crippen LogP contribution in [0.4, 0.5) is 5.69 Å². The number of amides is 1. The van der Waals surface area contributed by atoms with Gasteiger partial charge in [-0.25, -0.2) is 0 Å². The van der Waals surface area contributed by atoms with Crippen LogP contribution in [0.2, 0.25) is 10.0 Å². The van der Waals surface area contributed by atoms with Crippen LogP contribution in [-0.2, 0) is 4.79 Å². The fourth-order valence-corrected chi connectivity index (χ4v) is 2.63. The van der Waals surface area contributed by atoms with Crippen LogP contribution in [0.5, 0.6) is 5.75 Å². The van der Waals surface area contributed by atoms with Crippen molar-refractivity contribution in [2.75, 3.05) is 5.32 Å².